The smallest absolute Gasteiger partial charge is 0.246 e. The molecular weight excluding hydrogens is 286 g/mol. The summed E-state index contributed by atoms with van der Waals surface area (Å²) in [4.78, 5) is 12.1. The van der Waals surface area contributed by atoms with Crippen LogP contribution in [0.15, 0.2) is 60.7 Å². The van der Waals surface area contributed by atoms with E-state index in [9.17, 15) is 10.0 Å². The Hall–Kier alpha value is -2.13. The van der Waals surface area contributed by atoms with Crippen molar-refractivity contribution >= 4 is 5.91 Å². The molecule has 1 amide bonds. The molecule has 1 aliphatic heterocycles. The third-order valence-electron chi connectivity index (χ3n) is 4.68. The van der Waals surface area contributed by atoms with Gasteiger partial charge in [0, 0.05) is 6.42 Å². The van der Waals surface area contributed by atoms with Gasteiger partial charge in [-0.25, -0.2) is 5.06 Å². The molecule has 0 aromatic heterocycles. The number of hydrogen-bond acceptors (Lipinski definition) is 2. The highest BCUT2D eigenvalue weighted by Crippen LogP contribution is 2.35. The van der Waals surface area contributed by atoms with Gasteiger partial charge in [-0.2, -0.15) is 0 Å². The second-order valence-corrected chi connectivity index (χ2v) is 6.35. The predicted octanol–water partition coefficient (Wildman–Crippen LogP) is 4.38. The molecule has 3 rings (SSSR count). The van der Waals surface area contributed by atoms with Crippen molar-refractivity contribution in [3.63, 3.8) is 0 Å². The molecule has 0 spiro atoms. The molecule has 1 fully saturated rings. The Morgan fingerprint density at radius 2 is 1.65 bits per heavy atom. The monoisotopic (exact) mass is 309 g/mol. The van der Waals surface area contributed by atoms with Gasteiger partial charge >= 0.3 is 0 Å². The van der Waals surface area contributed by atoms with Crippen LogP contribution < -0.4 is 0 Å². The molecule has 1 saturated heterocycles. The number of hydroxylamine groups is 2. The Morgan fingerprint density at radius 3 is 2.35 bits per heavy atom. The minimum absolute atomic E-state index is 0.158. The second kappa shape index (κ2) is 7.42. The van der Waals surface area contributed by atoms with Crippen molar-refractivity contribution in [2.24, 2.45) is 5.92 Å². The number of aryl methyl sites for hydroxylation is 1. The summed E-state index contributed by atoms with van der Waals surface area (Å²) in [6.45, 7) is 0. The lowest BCUT2D eigenvalue weighted by molar-refractivity contribution is -0.187. The maximum Gasteiger partial charge on any atom is 0.246 e. The van der Waals surface area contributed by atoms with Crippen molar-refractivity contribution in [1.29, 1.82) is 0 Å². The summed E-state index contributed by atoms with van der Waals surface area (Å²) in [6, 6.07) is 20.1. The van der Waals surface area contributed by atoms with Gasteiger partial charge in [0.25, 0.3) is 0 Å². The Balaban J connectivity index is 1.59. The highest BCUT2D eigenvalue weighted by Gasteiger charge is 2.33. The van der Waals surface area contributed by atoms with E-state index in [2.05, 4.69) is 24.3 Å². The van der Waals surface area contributed by atoms with Crippen LogP contribution in [0.25, 0.3) is 0 Å². The van der Waals surface area contributed by atoms with Gasteiger partial charge in [0.05, 0.1) is 6.04 Å². The fourth-order valence-electron chi connectivity index (χ4n) is 3.43. The predicted molar refractivity (Wildman–Crippen MR) is 89.9 cm³/mol. The molecule has 2 atom stereocenters. The molecule has 23 heavy (non-hydrogen) atoms. The van der Waals surface area contributed by atoms with E-state index in [1.807, 2.05) is 36.4 Å². The van der Waals surface area contributed by atoms with Gasteiger partial charge in [0.2, 0.25) is 5.91 Å². The molecule has 0 saturated carbocycles. The third kappa shape index (κ3) is 3.99. The molecule has 120 valence electrons. The number of piperidine rings is 1. The average Bonchev–Trinajstić information content (AvgIpc) is 2.59. The maximum absolute atomic E-state index is 12.1. The van der Waals surface area contributed by atoms with Crippen molar-refractivity contribution in [2.45, 2.75) is 38.1 Å². The van der Waals surface area contributed by atoms with Gasteiger partial charge in [-0.1, -0.05) is 60.7 Å². The third-order valence-corrected chi connectivity index (χ3v) is 4.68. The van der Waals surface area contributed by atoms with Crippen LogP contribution in [0.1, 0.15) is 42.9 Å². The molecule has 0 unspecified atom stereocenters. The fraction of sp³-hybridized carbons (Fsp3) is 0.350. The first-order valence-electron chi connectivity index (χ1n) is 8.34. The molecule has 2 aromatic carbocycles. The lowest BCUT2D eigenvalue weighted by atomic mass is 9.84. The number of hydrogen-bond donors (Lipinski definition) is 1. The molecule has 3 nitrogen and oxygen atoms in total. The quantitative estimate of drug-likeness (QED) is 0.833. The van der Waals surface area contributed by atoms with Crippen LogP contribution in [0.2, 0.25) is 0 Å². The van der Waals surface area contributed by atoms with Crippen LogP contribution in [0.5, 0.6) is 0 Å². The lowest BCUT2D eigenvalue weighted by Crippen LogP contribution is -2.39. The summed E-state index contributed by atoms with van der Waals surface area (Å²) >= 11 is 0. The van der Waals surface area contributed by atoms with E-state index in [0.717, 1.165) is 36.3 Å². The van der Waals surface area contributed by atoms with E-state index in [-0.39, 0.29) is 11.9 Å². The van der Waals surface area contributed by atoms with Gasteiger partial charge in [0.1, 0.15) is 0 Å². The number of nitrogens with zero attached hydrogens (tertiary/aromatic N) is 1. The summed E-state index contributed by atoms with van der Waals surface area (Å²) in [5.74, 6) is 0.189. The standard InChI is InChI=1S/C20H23NO2/c22-20-15-17(11-7-10-16-8-3-1-4-9-16)14-19(21(20)23)18-12-5-2-6-13-18/h1-6,8-9,12-13,17,19,23H,7,10-11,14-15H2/t17-,19+/m1/s1. The molecule has 1 aliphatic rings. The van der Waals surface area contributed by atoms with E-state index >= 15 is 0 Å². The second-order valence-electron chi connectivity index (χ2n) is 6.35. The molecular formula is C20H23NO2. The maximum atomic E-state index is 12.1. The first-order valence-corrected chi connectivity index (χ1v) is 8.34. The van der Waals surface area contributed by atoms with Gasteiger partial charge in [0.15, 0.2) is 0 Å². The molecule has 3 heteroatoms. The van der Waals surface area contributed by atoms with Gasteiger partial charge in [-0.15, -0.1) is 0 Å². The molecule has 1 heterocycles. The van der Waals surface area contributed by atoms with Crippen LogP contribution in [-0.2, 0) is 11.2 Å². The van der Waals surface area contributed by atoms with Crippen LogP contribution in [-0.4, -0.2) is 16.2 Å². The van der Waals surface area contributed by atoms with E-state index in [1.54, 1.807) is 0 Å². The van der Waals surface area contributed by atoms with E-state index in [1.165, 1.54) is 5.56 Å². The summed E-state index contributed by atoms with van der Waals surface area (Å²) in [5.41, 5.74) is 2.36. The van der Waals surface area contributed by atoms with Crippen LogP contribution in [0.3, 0.4) is 0 Å². The highest BCUT2D eigenvalue weighted by atomic mass is 16.5. The number of rotatable bonds is 5. The number of carbonyl (C=O) groups is 1. The van der Waals surface area contributed by atoms with Gasteiger partial charge in [-0.3, -0.25) is 10.0 Å². The Bertz CT molecular complexity index is 627. The summed E-state index contributed by atoms with van der Waals surface area (Å²) in [5, 5.41) is 11.0. The Morgan fingerprint density at radius 1 is 1.00 bits per heavy atom. The van der Waals surface area contributed by atoms with Crippen molar-refractivity contribution in [3.05, 3.63) is 71.8 Å². The first kappa shape index (κ1) is 15.8. The van der Waals surface area contributed by atoms with E-state index < -0.39 is 0 Å². The van der Waals surface area contributed by atoms with Crippen LogP contribution in [0, 0.1) is 5.92 Å². The summed E-state index contributed by atoms with van der Waals surface area (Å²) in [6.07, 6.45) is 4.44. The van der Waals surface area contributed by atoms with Crippen LogP contribution in [0.4, 0.5) is 0 Å². The summed E-state index contributed by atoms with van der Waals surface area (Å²) < 4.78 is 0. The highest BCUT2D eigenvalue weighted by molar-refractivity contribution is 5.76. The lowest BCUT2D eigenvalue weighted by Gasteiger charge is -2.35. The molecule has 1 N–H and O–H groups in total. The number of benzene rings is 2. The normalized spacial score (nSPS) is 21.4. The minimum atomic E-state index is -0.209. The zero-order chi connectivity index (χ0) is 16.1. The van der Waals surface area contributed by atoms with E-state index in [0.29, 0.717) is 12.3 Å². The topological polar surface area (TPSA) is 40.5 Å². The number of carbonyl (C=O) groups excluding carboxylic acids is 1. The van der Waals surface area contributed by atoms with Crippen LogP contribution >= 0.6 is 0 Å². The van der Waals surface area contributed by atoms with Gasteiger partial charge < -0.3 is 0 Å². The summed E-state index contributed by atoms with van der Waals surface area (Å²) in [7, 11) is 0. The SMILES string of the molecule is O=C1C[C@H](CCCc2ccccc2)C[C@@H](c2ccccc2)N1O. The first-order chi connectivity index (χ1) is 11.2. The molecule has 0 aliphatic carbocycles. The number of amides is 1. The zero-order valence-electron chi connectivity index (χ0n) is 13.3. The fourth-order valence-corrected chi connectivity index (χ4v) is 3.43. The van der Waals surface area contributed by atoms with Crippen molar-refractivity contribution < 1.29 is 10.0 Å². The average molecular weight is 309 g/mol. The van der Waals surface area contributed by atoms with Crippen molar-refractivity contribution in [3.8, 4) is 0 Å². The Labute approximate surface area is 137 Å². The van der Waals surface area contributed by atoms with Gasteiger partial charge in [-0.05, 0) is 42.7 Å². The van der Waals surface area contributed by atoms with E-state index in [4.69, 9.17) is 0 Å². The van der Waals surface area contributed by atoms with Crippen molar-refractivity contribution in [2.75, 3.05) is 0 Å². The Kier molecular flexibility index (Phi) is 5.09. The molecule has 0 radical (unpaired) electrons. The largest absolute Gasteiger partial charge is 0.285 e. The van der Waals surface area contributed by atoms with Crippen molar-refractivity contribution in [1.82, 2.24) is 5.06 Å². The molecule has 0 bridgehead atoms. The zero-order valence-corrected chi connectivity index (χ0v) is 13.3. The minimum Gasteiger partial charge on any atom is -0.285 e. The molecule has 2 aromatic rings.